The molecule has 4 aromatic rings. The van der Waals surface area contributed by atoms with Gasteiger partial charge in [-0.15, -0.1) is 0 Å². The van der Waals surface area contributed by atoms with E-state index in [1.165, 1.54) is 17.0 Å². The molecule has 1 N–H and O–H groups in total. The molecule has 0 unspecified atom stereocenters. The van der Waals surface area contributed by atoms with Gasteiger partial charge in [-0.05, 0) is 48.3 Å². The Kier molecular flexibility index (Phi) is 4.66. The minimum absolute atomic E-state index is 0.236. The van der Waals surface area contributed by atoms with Gasteiger partial charge in [0.2, 0.25) is 5.91 Å². The highest BCUT2D eigenvalue weighted by atomic mass is 32.1. The fraction of sp³-hybridized carbons (Fsp3) is 0.105. The van der Waals surface area contributed by atoms with Crippen LogP contribution in [0.5, 0.6) is 0 Å². The molecule has 3 heterocycles. The van der Waals surface area contributed by atoms with Crippen molar-refractivity contribution in [3.63, 3.8) is 0 Å². The van der Waals surface area contributed by atoms with E-state index >= 15 is 0 Å². The Bertz CT molecular complexity index is 1240. The molecule has 0 spiro atoms. The van der Waals surface area contributed by atoms with Gasteiger partial charge in [-0.25, -0.2) is 9.37 Å². The molecular formula is C19H14FN5O2S. The Balaban J connectivity index is 1.59. The molecule has 1 amide bonds. The van der Waals surface area contributed by atoms with Crippen LogP contribution in [-0.2, 0) is 11.3 Å². The molecule has 0 aliphatic carbocycles. The molecule has 9 heteroatoms. The second kappa shape index (κ2) is 7.28. The number of halogens is 1. The number of rotatable bonds is 4. The number of nitrogens with zero attached hydrogens (tertiary/aromatic N) is 4. The lowest BCUT2D eigenvalue weighted by Crippen LogP contribution is -2.27. The molecule has 0 saturated heterocycles. The van der Waals surface area contributed by atoms with Crippen molar-refractivity contribution in [1.29, 1.82) is 0 Å². The highest BCUT2D eigenvalue weighted by molar-refractivity contribution is 7.13. The predicted molar refractivity (Wildman–Crippen MR) is 105 cm³/mol. The number of hydrogen-bond acceptors (Lipinski definition) is 6. The lowest BCUT2D eigenvalue weighted by molar-refractivity contribution is -0.116. The number of pyridine rings is 1. The second-order valence-electron chi connectivity index (χ2n) is 6.13. The van der Waals surface area contributed by atoms with Gasteiger partial charge in [-0.1, -0.05) is 6.07 Å². The first kappa shape index (κ1) is 17.9. The molecule has 140 valence electrons. The highest BCUT2D eigenvalue weighted by Crippen LogP contribution is 2.26. The number of aryl methyl sites for hydroxylation is 1. The van der Waals surface area contributed by atoms with Crippen molar-refractivity contribution >= 4 is 33.3 Å². The third-order valence-corrected chi connectivity index (χ3v) is 5.00. The predicted octanol–water partition coefficient (Wildman–Crippen LogP) is 3.00. The number of fused-ring (bicyclic) bond motifs is 1. The molecule has 0 radical (unpaired) electrons. The smallest absolute Gasteiger partial charge is 0.273 e. The van der Waals surface area contributed by atoms with Crippen LogP contribution < -0.4 is 10.9 Å². The zero-order chi connectivity index (χ0) is 19.7. The van der Waals surface area contributed by atoms with Crippen molar-refractivity contribution in [2.75, 3.05) is 5.32 Å². The molecular weight excluding hydrogens is 381 g/mol. The van der Waals surface area contributed by atoms with Crippen LogP contribution in [0, 0.1) is 12.7 Å². The van der Waals surface area contributed by atoms with E-state index in [0.29, 0.717) is 27.2 Å². The molecule has 4 rings (SSSR count). The van der Waals surface area contributed by atoms with Gasteiger partial charge in [0.15, 0.2) is 0 Å². The van der Waals surface area contributed by atoms with Crippen molar-refractivity contribution < 1.29 is 9.18 Å². The van der Waals surface area contributed by atoms with Gasteiger partial charge in [-0.2, -0.15) is 4.37 Å². The van der Waals surface area contributed by atoms with E-state index in [-0.39, 0.29) is 12.1 Å². The van der Waals surface area contributed by atoms with E-state index in [2.05, 4.69) is 19.7 Å². The summed E-state index contributed by atoms with van der Waals surface area (Å²) in [7, 11) is 0. The summed E-state index contributed by atoms with van der Waals surface area (Å²) in [4.78, 5) is 33.2. The van der Waals surface area contributed by atoms with Gasteiger partial charge >= 0.3 is 0 Å². The number of carbonyl (C=O) groups is 1. The number of aromatic nitrogens is 4. The Labute approximate surface area is 162 Å². The van der Waals surface area contributed by atoms with Crippen LogP contribution >= 0.6 is 11.5 Å². The normalized spacial score (nSPS) is 10.9. The number of nitrogens with one attached hydrogen (secondary N) is 1. The fourth-order valence-corrected chi connectivity index (χ4v) is 3.50. The minimum atomic E-state index is -0.453. The van der Waals surface area contributed by atoms with Gasteiger partial charge in [0.1, 0.15) is 28.3 Å². The number of hydrogen-bond donors (Lipinski definition) is 1. The van der Waals surface area contributed by atoms with Crippen LogP contribution in [0.15, 0.2) is 53.8 Å². The summed E-state index contributed by atoms with van der Waals surface area (Å²) < 4.78 is 19.5. The van der Waals surface area contributed by atoms with E-state index in [4.69, 9.17) is 0 Å². The number of anilines is 1. The maximum atomic E-state index is 13.6. The average Bonchev–Trinajstić information content (AvgIpc) is 3.12. The number of carbonyl (C=O) groups excluding carboxylic acids is 1. The minimum Gasteiger partial charge on any atom is -0.324 e. The zero-order valence-electron chi connectivity index (χ0n) is 14.7. The molecule has 7 nitrogen and oxygen atoms in total. The Morgan fingerprint density at radius 1 is 1.25 bits per heavy atom. The maximum absolute atomic E-state index is 13.6. The molecule has 0 atom stereocenters. The molecule has 0 fully saturated rings. The third kappa shape index (κ3) is 3.39. The van der Waals surface area contributed by atoms with Crippen LogP contribution in [0.25, 0.3) is 21.5 Å². The van der Waals surface area contributed by atoms with E-state index in [9.17, 15) is 14.0 Å². The van der Waals surface area contributed by atoms with Crippen molar-refractivity contribution in [1.82, 2.24) is 18.9 Å². The lowest BCUT2D eigenvalue weighted by atomic mass is 10.2. The summed E-state index contributed by atoms with van der Waals surface area (Å²) in [5.41, 5.74) is 2.36. The van der Waals surface area contributed by atoms with Crippen LogP contribution in [-0.4, -0.2) is 24.8 Å². The van der Waals surface area contributed by atoms with Crippen molar-refractivity contribution in [3.8, 4) is 11.3 Å². The first-order valence-corrected chi connectivity index (χ1v) is 9.11. The van der Waals surface area contributed by atoms with E-state index in [1.807, 2.05) is 0 Å². The highest BCUT2D eigenvalue weighted by Gasteiger charge is 2.15. The first-order chi connectivity index (χ1) is 13.5. The summed E-state index contributed by atoms with van der Waals surface area (Å²) in [6.45, 7) is 1.40. The van der Waals surface area contributed by atoms with Gasteiger partial charge < -0.3 is 5.32 Å². The summed E-state index contributed by atoms with van der Waals surface area (Å²) in [5, 5.41) is 2.58. The Hall–Kier alpha value is -3.46. The van der Waals surface area contributed by atoms with Crippen LogP contribution in [0.3, 0.4) is 0 Å². The summed E-state index contributed by atoms with van der Waals surface area (Å²) in [6.07, 6.45) is 4.60. The molecule has 0 saturated carbocycles. The second-order valence-corrected chi connectivity index (χ2v) is 6.91. The Morgan fingerprint density at radius 3 is 2.79 bits per heavy atom. The largest absolute Gasteiger partial charge is 0.324 e. The quantitative estimate of drug-likeness (QED) is 0.574. The zero-order valence-corrected chi connectivity index (χ0v) is 15.5. The van der Waals surface area contributed by atoms with Crippen molar-refractivity contribution in [2.24, 2.45) is 0 Å². The van der Waals surface area contributed by atoms with E-state index in [1.54, 1.807) is 43.6 Å². The topological polar surface area (TPSA) is 89.8 Å². The lowest BCUT2D eigenvalue weighted by Gasteiger charge is -2.08. The van der Waals surface area contributed by atoms with Crippen molar-refractivity contribution in [3.05, 3.63) is 70.8 Å². The number of benzene rings is 1. The van der Waals surface area contributed by atoms with Crippen molar-refractivity contribution in [2.45, 2.75) is 13.5 Å². The SMILES string of the molecule is Cc1ccc(NC(=O)Cn2cnc3c(-c4ccncc4)nsc3c2=O)cc1F. The molecule has 0 aliphatic rings. The Morgan fingerprint density at radius 2 is 2.04 bits per heavy atom. The fourth-order valence-electron chi connectivity index (χ4n) is 2.69. The van der Waals surface area contributed by atoms with Crippen LogP contribution in [0.2, 0.25) is 0 Å². The average molecular weight is 395 g/mol. The molecule has 0 bridgehead atoms. The maximum Gasteiger partial charge on any atom is 0.273 e. The summed E-state index contributed by atoms with van der Waals surface area (Å²) in [6, 6.07) is 7.99. The standard InChI is InChI=1S/C19H14FN5O2S/c1-11-2-3-13(8-14(11)20)23-15(26)9-25-10-22-17-16(12-4-6-21-7-5-12)24-28-18(17)19(25)27/h2-8,10H,9H2,1H3,(H,23,26). The molecule has 1 aromatic carbocycles. The van der Waals surface area contributed by atoms with Crippen LogP contribution in [0.1, 0.15) is 5.56 Å². The van der Waals surface area contributed by atoms with E-state index < -0.39 is 11.7 Å². The van der Waals surface area contributed by atoms with Gasteiger partial charge in [0.25, 0.3) is 5.56 Å². The van der Waals surface area contributed by atoms with Gasteiger partial charge in [0, 0.05) is 23.6 Å². The van der Waals surface area contributed by atoms with Crippen LogP contribution in [0.4, 0.5) is 10.1 Å². The monoisotopic (exact) mass is 395 g/mol. The van der Waals surface area contributed by atoms with Gasteiger partial charge in [0.05, 0.1) is 6.33 Å². The summed E-state index contributed by atoms with van der Waals surface area (Å²) in [5.74, 6) is -0.864. The molecule has 0 aliphatic heterocycles. The number of amides is 1. The van der Waals surface area contributed by atoms with Gasteiger partial charge in [-0.3, -0.25) is 19.1 Å². The van der Waals surface area contributed by atoms with E-state index in [0.717, 1.165) is 17.1 Å². The molecule has 28 heavy (non-hydrogen) atoms. The molecule has 3 aromatic heterocycles. The first-order valence-electron chi connectivity index (χ1n) is 8.34. The third-order valence-electron chi connectivity index (χ3n) is 4.17. The summed E-state index contributed by atoms with van der Waals surface area (Å²) >= 11 is 1.04.